The highest BCUT2D eigenvalue weighted by molar-refractivity contribution is 5.80. The minimum absolute atomic E-state index is 0.0232. The van der Waals surface area contributed by atoms with E-state index in [1.807, 2.05) is 0 Å². The minimum Gasteiger partial charge on any atom is -0.355 e. The van der Waals surface area contributed by atoms with Crippen LogP contribution in [-0.2, 0) is 11.2 Å². The molecule has 114 valence electrons. The molecule has 1 aromatic rings. The first kappa shape index (κ1) is 14.4. The fourth-order valence-electron chi connectivity index (χ4n) is 3.92. The second-order valence-electron chi connectivity index (χ2n) is 6.18. The lowest BCUT2D eigenvalue weighted by atomic mass is 9.84. The summed E-state index contributed by atoms with van der Waals surface area (Å²) in [5.41, 5.74) is 6.14. The van der Waals surface area contributed by atoms with Crippen LogP contribution >= 0.6 is 0 Å². The highest BCUT2D eigenvalue weighted by Gasteiger charge is 2.48. The lowest BCUT2D eigenvalue weighted by Gasteiger charge is -2.27. The Bertz CT molecular complexity index is 527. The molecule has 0 aliphatic heterocycles. The Balaban J connectivity index is 1.55. The van der Waals surface area contributed by atoms with Gasteiger partial charge in [0.25, 0.3) is 0 Å². The van der Waals surface area contributed by atoms with Crippen molar-refractivity contribution < 1.29 is 13.6 Å². The number of halogens is 2. The van der Waals surface area contributed by atoms with Crippen molar-refractivity contribution in [3.05, 3.63) is 35.4 Å². The van der Waals surface area contributed by atoms with Crippen molar-refractivity contribution >= 4 is 5.91 Å². The van der Waals surface area contributed by atoms with E-state index < -0.39 is 11.6 Å². The highest BCUT2D eigenvalue weighted by atomic mass is 19.1. The molecule has 3 nitrogen and oxygen atoms in total. The van der Waals surface area contributed by atoms with E-state index in [0.717, 1.165) is 19.3 Å². The van der Waals surface area contributed by atoms with Crippen LogP contribution < -0.4 is 11.1 Å². The molecule has 0 aromatic heterocycles. The summed E-state index contributed by atoms with van der Waals surface area (Å²) in [6.45, 7) is 0.233. The first-order chi connectivity index (χ1) is 10.1. The predicted molar refractivity (Wildman–Crippen MR) is 75.4 cm³/mol. The van der Waals surface area contributed by atoms with Gasteiger partial charge in [-0.05, 0) is 49.7 Å². The largest absolute Gasteiger partial charge is 0.355 e. The normalized spacial score (nSPS) is 30.6. The number of hydrogen-bond donors (Lipinski definition) is 2. The molecule has 2 saturated carbocycles. The molecule has 4 atom stereocenters. The SMILES string of the molecule is NC1C2CCC(C2)C1C(=O)NCCc1c(F)cccc1F. The van der Waals surface area contributed by atoms with Crippen LogP contribution in [0.3, 0.4) is 0 Å². The van der Waals surface area contributed by atoms with E-state index in [4.69, 9.17) is 5.73 Å². The van der Waals surface area contributed by atoms with Crippen LogP contribution in [0.5, 0.6) is 0 Å². The summed E-state index contributed by atoms with van der Waals surface area (Å²) in [7, 11) is 0. The summed E-state index contributed by atoms with van der Waals surface area (Å²) in [5, 5.41) is 2.79. The minimum atomic E-state index is -0.569. The fourth-order valence-corrected chi connectivity index (χ4v) is 3.92. The molecule has 2 aliphatic carbocycles. The Hall–Kier alpha value is -1.49. The van der Waals surface area contributed by atoms with Gasteiger partial charge in [-0.1, -0.05) is 6.07 Å². The van der Waals surface area contributed by atoms with E-state index in [9.17, 15) is 13.6 Å². The van der Waals surface area contributed by atoms with Crippen LogP contribution in [0, 0.1) is 29.4 Å². The summed E-state index contributed by atoms with van der Waals surface area (Å²) in [5.74, 6) is -0.479. The van der Waals surface area contributed by atoms with Gasteiger partial charge >= 0.3 is 0 Å². The van der Waals surface area contributed by atoms with Crippen molar-refractivity contribution in [1.82, 2.24) is 5.32 Å². The zero-order chi connectivity index (χ0) is 15.0. The topological polar surface area (TPSA) is 55.1 Å². The van der Waals surface area contributed by atoms with Gasteiger partial charge in [0.1, 0.15) is 11.6 Å². The Morgan fingerprint density at radius 1 is 1.24 bits per heavy atom. The first-order valence-corrected chi connectivity index (χ1v) is 7.54. The van der Waals surface area contributed by atoms with Crippen molar-refractivity contribution in [2.45, 2.75) is 31.7 Å². The molecule has 21 heavy (non-hydrogen) atoms. The molecule has 5 heteroatoms. The third kappa shape index (κ3) is 2.67. The van der Waals surface area contributed by atoms with Crippen LogP contribution in [0.2, 0.25) is 0 Å². The second kappa shape index (κ2) is 5.72. The van der Waals surface area contributed by atoms with Gasteiger partial charge in [0.2, 0.25) is 5.91 Å². The van der Waals surface area contributed by atoms with E-state index in [0.29, 0.717) is 11.8 Å². The number of amides is 1. The van der Waals surface area contributed by atoms with Gasteiger partial charge in [-0.25, -0.2) is 8.78 Å². The monoisotopic (exact) mass is 294 g/mol. The molecule has 3 N–H and O–H groups in total. The number of fused-ring (bicyclic) bond motifs is 2. The van der Waals surface area contributed by atoms with Crippen LogP contribution in [-0.4, -0.2) is 18.5 Å². The first-order valence-electron chi connectivity index (χ1n) is 7.54. The van der Waals surface area contributed by atoms with Crippen molar-refractivity contribution in [1.29, 1.82) is 0 Å². The number of benzene rings is 1. The Kier molecular flexibility index (Phi) is 3.93. The van der Waals surface area contributed by atoms with E-state index in [1.54, 1.807) is 0 Å². The molecule has 0 saturated heterocycles. The molecular weight excluding hydrogens is 274 g/mol. The van der Waals surface area contributed by atoms with Crippen LogP contribution in [0.1, 0.15) is 24.8 Å². The maximum atomic E-state index is 13.5. The number of carbonyl (C=O) groups is 1. The molecule has 2 fully saturated rings. The molecule has 0 heterocycles. The number of rotatable bonds is 4. The Labute approximate surface area is 122 Å². The van der Waals surface area contributed by atoms with Gasteiger partial charge in [0.15, 0.2) is 0 Å². The molecular formula is C16H20F2N2O. The number of carbonyl (C=O) groups excluding carboxylic acids is 1. The predicted octanol–water partition coefficient (Wildman–Crippen LogP) is 2.00. The van der Waals surface area contributed by atoms with Crippen molar-refractivity contribution in [2.24, 2.45) is 23.5 Å². The van der Waals surface area contributed by atoms with Gasteiger partial charge in [-0.2, -0.15) is 0 Å². The second-order valence-corrected chi connectivity index (χ2v) is 6.18. The van der Waals surface area contributed by atoms with E-state index in [2.05, 4.69) is 5.32 Å². The fraction of sp³-hybridized carbons (Fsp3) is 0.562. The van der Waals surface area contributed by atoms with Gasteiger partial charge in [0.05, 0.1) is 5.92 Å². The standard InChI is InChI=1S/C16H20F2N2O/c17-12-2-1-3-13(18)11(12)6-7-20-16(21)14-9-4-5-10(8-9)15(14)19/h1-3,9-10,14-15H,4-8,19H2,(H,20,21). The average Bonchev–Trinajstić information content (AvgIpc) is 3.02. The molecule has 1 aromatic carbocycles. The molecule has 4 unspecified atom stereocenters. The quantitative estimate of drug-likeness (QED) is 0.892. The number of nitrogens with two attached hydrogens (primary N) is 1. The molecule has 0 radical (unpaired) electrons. The van der Waals surface area contributed by atoms with Crippen molar-refractivity contribution in [3.8, 4) is 0 Å². The maximum Gasteiger partial charge on any atom is 0.224 e. The van der Waals surface area contributed by atoms with E-state index in [-0.39, 0.29) is 36.4 Å². The molecule has 0 spiro atoms. The third-order valence-electron chi connectivity index (χ3n) is 5.02. The summed E-state index contributed by atoms with van der Waals surface area (Å²) in [6, 6.07) is 3.73. The zero-order valence-electron chi connectivity index (χ0n) is 11.8. The van der Waals surface area contributed by atoms with Crippen LogP contribution in [0.15, 0.2) is 18.2 Å². The Morgan fingerprint density at radius 3 is 2.52 bits per heavy atom. The van der Waals surface area contributed by atoms with Gasteiger partial charge < -0.3 is 11.1 Å². The number of hydrogen-bond acceptors (Lipinski definition) is 2. The lowest BCUT2D eigenvalue weighted by molar-refractivity contribution is -0.127. The van der Waals surface area contributed by atoms with E-state index in [1.165, 1.54) is 18.2 Å². The van der Waals surface area contributed by atoms with Crippen molar-refractivity contribution in [2.75, 3.05) is 6.54 Å². The van der Waals surface area contributed by atoms with E-state index >= 15 is 0 Å². The summed E-state index contributed by atoms with van der Waals surface area (Å²) in [4.78, 5) is 12.2. The lowest BCUT2D eigenvalue weighted by Crippen LogP contribution is -2.45. The average molecular weight is 294 g/mol. The number of nitrogens with one attached hydrogen (secondary N) is 1. The van der Waals surface area contributed by atoms with Crippen LogP contribution in [0.25, 0.3) is 0 Å². The summed E-state index contributed by atoms with van der Waals surface area (Å²) >= 11 is 0. The van der Waals surface area contributed by atoms with Gasteiger partial charge in [-0.3, -0.25) is 4.79 Å². The molecule has 3 rings (SSSR count). The third-order valence-corrected chi connectivity index (χ3v) is 5.02. The smallest absolute Gasteiger partial charge is 0.224 e. The van der Waals surface area contributed by atoms with Crippen molar-refractivity contribution in [3.63, 3.8) is 0 Å². The van der Waals surface area contributed by atoms with Gasteiger partial charge in [0, 0.05) is 18.2 Å². The molecule has 2 aliphatic rings. The summed E-state index contributed by atoms with van der Waals surface area (Å²) < 4.78 is 27.0. The summed E-state index contributed by atoms with van der Waals surface area (Å²) in [6.07, 6.45) is 3.38. The van der Waals surface area contributed by atoms with Gasteiger partial charge in [-0.15, -0.1) is 0 Å². The highest BCUT2D eigenvalue weighted by Crippen LogP contribution is 2.47. The zero-order valence-corrected chi connectivity index (χ0v) is 11.8. The maximum absolute atomic E-state index is 13.5. The molecule has 1 amide bonds. The molecule has 2 bridgehead atoms. The van der Waals surface area contributed by atoms with Crippen LogP contribution in [0.4, 0.5) is 8.78 Å². The Morgan fingerprint density at radius 2 is 1.90 bits per heavy atom.